The Morgan fingerprint density at radius 1 is 1.33 bits per heavy atom. The number of carbonyl (C=O) groups excluding carboxylic acids is 1. The molecule has 0 aromatic rings. The van der Waals surface area contributed by atoms with E-state index in [1.807, 2.05) is 4.90 Å². The van der Waals surface area contributed by atoms with Crippen molar-refractivity contribution < 1.29 is 9.90 Å². The van der Waals surface area contributed by atoms with Gasteiger partial charge in [-0.25, -0.2) is 0 Å². The number of nitrogens with zero attached hydrogens (tertiary/aromatic N) is 2. The van der Waals surface area contributed by atoms with Crippen molar-refractivity contribution in [2.24, 2.45) is 5.92 Å². The van der Waals surface area contributed by atoms with E-state index in [-0.39, 0.29) is 18.1 Å². The molecule has 2 fully saturated rings. The normalized spacial score (nSPS) is 30.1. The first kappa shape index (κ1) is 13.8. The molecular formula is C13H25N3O2. The summed E-state index contributed by atoms with van der Waals surface area (Å²) in [5, 5.41) is 12.5. The summed E-state index contributed by atoms with van der Waals surface area (Å²) in [6.07, 6.45) is 0.201. The number of nitrogens with one attached hydrogen (secondary N) is 1. The maximum Gasteiger partial charge on any atom is 0.239 e. The zero-order chi connectivity index (χ0) is 13.1. The van der Waals surface area contributed by atoms with Crippen LogP contribution in [0.15, 0.2) is 0 Å². The molecule has 0 bridgehead atoms. The number of β-amino-alcohol motifs (C(OH)–C–C–N with tert-alkyl or cyclic N) is 1. The second-order valence-electron chi connectivity index (χ2n) is 5.87. The summed E-state index contributed by atoms with van der Waals surface area (Å²) >= 11 is 0. The Labute approximate surface area is 109 Å². The predicted molar refractivity (Wildman–Crippen MR) is 70.3 cm³/mol. The maximum atomic E-state index is 12.2. The van der Waals surface area contributed by atoms with E-state index in [0.29, 0.717) is 18.9 Å². The molecule has 0 aromatic carbocycles. The van der Waals surface area contributed by atoms with Gasteiger partial charge < -0.3 is 15.3 Å². The molecule has 2 saturated heterocycles. The van der Waals surface area contributed by atoms with Gasteiger partial charge in [0.2, 0.25) is 5.91 Å². The van der Waals surface area contributed by atoms with Gasteiger partial charge in [-0.05, 0) is 12.3 Å². The summed E-state index contributed by atoms with van der Waals surface area (Å²) in [7, 11) is 0. The molecule has 0 radical (unpaired) electrons. The van der Waals surface area contributed by atoms with E-state index in [0.717, 1.165) is 32.7 Å². The van der Waals surface area contributed by atoms with E-state index < -0.39 is 0 Å². The standard InChI is InChI=1S/C13H25N3O2/c1-10(2)9-15-3-5-16(6-4-15)13(18)12-7-11(17)8-14-12/h10-12,14,17H,3-9H2,1-2H3. The van der Waals surface area contributed by atoms with Crippen molar-refractivity contribution in [3.05, 3.63) is 0 Å². The number of hydrogen-bond donors (Lipinski definition) is 2. The van der Waals surface area contributed by atoms with Crippen molar-refractivity contribution in [2.75, 3.05) is 39.3 Å². The van der Waals surface area contributed by atoms with Crippen LogP contribution >= 0.6 is 0 Å². The Bertz CT molecular complexity index is 288. The summed E-state index contributed by atoms with van der Waals surface area (Å²) in [5.41, 5.74) is 0. The van der Waals surface area contributed by atoms with Gasteiger partial charge in [-0.1, -0.05) is 13.8 Å². The molecule has 0 spiro atoms. The SMILES string of the molecule is CC(C)CN1CCN(C(=O)C2CC(O)CN2)CC1. The smallest absolute Gasteiger partial charge is 0.239 e. The van der Waals surface area contributed by atoms with Crippen LogP contribution in [0.3, 0.4) is 0 Å². The quantitative estimate of drug-likeness (QED) is 0.714. The molecular weight excluding hydrogens is 230 g/mol. The number of aliphatic hydroxyl groups excluding tert-OH is 1. The van der Waals surface area contributed by atoms with Crippen molar-refractivity contribution in [1.29, 1.82) is 0 Å². The van der Waals surface area contributed by atoms with Crippen LogP contribution in [0.1, 0.15) is 20.3 Å². The fourth-order valence-electron chi connectivity index (χ4n) is 2.79. The molecule has 2 aliphatic heterocycles. The van der Waals surface area contributed by atoms with E-state index in [1.54, 1.807) is 0 Å². The number of rotatable bonds is 3. The second-order valence-corrected chi connectivity index (χ2v) is 5.87. The Morgan fingerprint density at radius 2 is 2.00 bits per heavy atom. The summed E-state index contributed by atoms with van der Waals surface area (Å²) in [4.78, 5) is 16.6. The average Bonchev–Trinajstić information content (AvgIpc) is 2.75. The van der Waals surface area contributed by atoms with Gasteiger partial charge in [0.15, 0.2) is 0 Å². The topological polar surface area (TPSA) is 55.8 Å². The van der Waals surface area contributed by atoms with Gasteiger partial charge >= 0.3 is 0 Å². The minimum absolute atomic E-state index is 0.163. The van der Waals surface area contributed by atoms with Crippen LogP contribution in [-0.2, 0) is 4.79 Å². The fourth-order valence-corrected chi connectivity index (χ4v) is 2.79. The second kappa shape index (κ2) is 5.99. The van der Waals surface area contributed by atoms with E-state index in [4.69, 9.17) is 0 Å². The first-order chi connectivity index (χ1) is 8.56. The van der Waals surface area contributed by atoms with E-state index >= 15 is 0 Å². The van der Waals surface area contributed by atoms with Crippen LogP contribution < -0.4 is 5.32 Å². The molecule has 0 aliphatic carbocycles. The third-order valence-electron chi connectivity index (χ3n) is 3.71. The first-order valence-corrected chi connectivity index (χ1v) is 6.99. The molecule has 2 unspecified atom stereocenters. The Balaban J connectivity index is 1.77. The molecule has 0 saturated carbocycles. The molecule has 2 aliphatic rings. The van der Waals surface area contributed by atoms with Crippen molar-refractivity contribution >= 4 is 5.91 Å². The van der Waals surface area contributed by atoms with Gasteiger partial charge in [0.1, 0.15) is 0 Å². The molecule has 2 heterocycles. The lowest BCUT2D eigenvalue weighted by Gasteiger charge is -2.36. The van der Waals surface area contributed by atoms with E-state index in [2.05, 4.69) is 24.1 Å². The predicted octanol–water partition coefficient (Wildman–Crippen LogP) is -0.491. The number of carbonyl (C=O) groups is 1. The van der Waals surface area contributed by atoms with Gasteiger partial charge in [-0.2, -0.15) is 0 Å². The highest BCUT2D eigenvalue weighted by molar-refractivity contribution is 5.82. The Hall–Kier alpha value is -0.650. The maximum absolute atomic E-state index is 12.2. The molecule has 5 nitrogen and oxygen atoms in total. The average molecular weight is 255 g/mol. The van der Waals surface area contributed by atoms with Crippen molar-refractivity contribution in [1.82, 2.24) is 15.1 Å². The molecule has 2 N–H and O–H groups in total. The largest absolute Gasteiger partial charge is 0.392 e. The van der Waals surface area contributed by atoms with E-state index in [1.165, 1.54) is 0 Å². The van der Waals surface area contributed by atoms with Crippen molar-refractivity contribution in [2.45, 2.75) is 32.4 Å². The highest BCUT2D eigenvalue weighted by atomic mass is 16.3. The summed E-state index contributed by atoms with van der Waals surface area (Å²) in [6, 6.07) is -0.170. The Kier molecular flexibility index (Phi) is 4.59. The lowest BCUT2D eigenvalue weighted by atomic mass is 10.1. The molecule has 18 heavy (non-hydrogen) atoms. The fraction of sp³-hybridized carbons (Fsp3) is 0.923. The van der Waals surface area contributed by atoms with Gasteiger partial charge in [-0.3, -0.25) is 9.69 Å². The highest BCUT2D eigenvalue weighted by Gasteiger charge is 2.32. The van der Waals surface area contributed by atoms with Crippen LogP contribution in [0.25, 0.3) is 0 Å². The lowest BCUT2D eigenvalue weighted by molar-refractivity contribution is -0.135. The summed E-state index contributed by atoms with van der Waals surface area (Å²) < 4.78 is 0. The monoisotopic (exact) mass is 255 g/mol. The zero-order valence-corrected chi connectivity index (χ0v) is 11.4. The molecule has 2 atom stereocenters. The minimum Gasteiger partial charge on any atom is -0.392 e. The zero-order valence-electron chi connectivity index (χ0n) is 11.4. The summed E-state index contributed by atoms with van der Waals surface area (Å²) in [5.74, 6) is 0.842. The number of piperazine rings is 1. The van der Waals surface area contributed by atoms with E-state index in [9.17, 15) is 9.90 Å². The number of hydrogen-bond acceptors (Lipinski definition) is 4. The minimum atomic E-state index is -0.360. The van der Waals surface area contributed by atoms with Crippen molar-refractivity contribution in [3.8, 4) is 0 Å². The Morgan fingerprint density at radius 3 is 2.50 bits per heavy atom. The number of aliphatic hydroxyl groups is 1. The van der Waals surface area contributed by atoms with Crippen LogP contribution in [-0.4, -0.2) is 72.2 Å². The van der Waals surface area contributed by atoms with Gasteiger partial charge in [0.05, 0.1) is 12.1 Å². The molecule has 104 valence electrons. The van der Waals surface area contributed by atoms with Crippen LogP contribution in [0, 0.1) is 5.92 Å². The molecule has 2 rings (SSSR count). The molecule has 5 heteroatoms. The van der Waals surface area contributed by atoms with Gasteiger partial charge in [-0.15, -0.1) is 0 Å². The number of amides is 1. The van der Waals surface area contributed by atoms with Crippen LogP contribution in [0.2, 0.25) is 0 Å². The third kappa shape index (κ3) is 3.43. The molecule has 0 aromatic heterocycles. The summed E-state index contributed by atoms with van der Waals surface area (Å²) in [6.45, 7) is 9.69. The highest BCUT2D eigenvalue weighted by Crippen LogP contribution is 2.12. The lowest BCUT2D eigenvalue weighted by Crippen LogP contribution is -2.53. The first-order valence-electron chi connectivity index (χ1n) is 6.99. The van der Waals surface area contributed by atoms with Gasteiger partial charge in [0.25, 0.3) is 0 Å². The van der Waals surface area contributed by atoms with Crippen LogP contribution in [0.4, 0.5) is 0 Å². The van der Waals surface area contributed by atoms with Crippen LogP contribution in [0.5, 0.6) is 0 Å². The molecule has 1 amide bonds. The van der Waals surface area contributed by atoms with Gasteiger partial charge in [0, 0.05) is 39.3 Å². The third-order valence-corrected chi connectivity index (χ3v) is 3.71. The van der Waals surface area contributed by atoms with Crippen molar-refractivity contribution in [3.63, 3.8) is 0 Å².